The van der Waals surface area contributed by atoms with E-state index in [2.05, 4.69) is 4.98 Å². The maximum absolute atomic E-state index is 12.2. The van der Waals surface area contributed by atoms with Crippen molar-refractivity contribution in [2.24, 2.45) is 0 Å². The molecule has 2 nitrogen and oxygen atoms in total. The van der Waals surface area contributed by atoms with Gasteiger partial charge < -0.3 is 5.11 Å². The van der Waals surface area contributed by atoms with Gasteiger partial charge in [-0.2, -0.15) is 0 Å². The highest BCUT2D eigenvalue weighted by Gasteiger charge is 2.19. The number of aromatic hydroxyl groups is 1. The maximum atomic E-state index is 12.2. The second kappa shape index (κ2) is 3.69. The minimum absolute atomic E-state index is 0.199. The fourth-order valence-electron chi connectivity index (χ4n) is 0.676. The highest BCUT2D eigenvalue weighted by molar-refractivity contribution is 14.1. The van der Waals surface area contributed by atoms with Crippen LogP contribution in [0.25, 0.3) is 0 Å². The average Bonchev–Trinajstić information content (AvgIpc) is 1.97. The number of alkyl halides is 2. The molecule has 0 atom stereocenters. The summed E-state index contributed by atoms with van der Waals surface area (Å²) in [5, 5.41) is 8.77. The van der Waals surface area contributed by atoms with Crippen molar-refractivity contribution >= 4 is 34.2 Å². The summed E-state index contributed by atoms with van der Waals surface area (Å²) >= 11 is 6.99. The molecule has 0 unspecified atom stereocenters. The van der Waals surface area contributed by atoms with Gasteiger partial charge in [-0.25, -0.2) is 13.8 Å². The van der Waals surface area contributed by atoms with Gasteiger partial charge in [0.1, 0.15) is 0 Å². The Morgan fingerprint density at radius 3 is 2.58 bits per heavy atom. The van der Waals surface area contributed by atoms with E-state index in [1.807, 2.05) is 0 Å². The Labute approximate surface area is 85.7 Å². The number of aromatic nitrogens is 1. The molecule has 12 heavy (non-hydrogen) atoms. The second-order valence-electron chi connectivity index (χ2n) is 1.96. The molecule has 0 radical (unpaired) electrons. The van der Waals surface area contributed by atoms with Crippen molar-refractivity contribution in [2.75, 3.05) is 0 Å². The molecule has 0 saturated carbocycles. The highest BCUT2D eigenvalue weighted by atomic mass is 127. The third-order valence-corrected chi connectivity index (χ3v) is 2.35. The molecule has 1 aromatic rings. The van der Waals surface area contributed by atoms with Gasteiger partial charge in [-0.15, -0.1) is 0 Å². The van der Waals surface area contributed by atoms with E-state index >= 15 is 0 Å². The van der Waals surface area contributed by atoms with Crippen molar-refractivity contribution in [1.29, 1.82) is 0 Å². The number of pyridine rings is 1. The predicted octanol–water partition coefficient (Wildman–Crippen LogP) is 2.98. The lowest BCUT2D eigenvalue weighted by Crippen LogP contribution is -1.92. The Hall–Kier alpha value is -0.170. The van der Waals surface area contributed by atoms with Gasteiger partial charge in [-0.3, -0.25) is 0 Å². The predicted molar refractivity (Wildman–Crippen MR) is 48.6 cm³/mol. The van der Waals surface area contributed by atoms with Crippen LogP contribution in [0.4, 0.5) is 8.78 Å². The second-order valence-corrected chi connectivity index (χ2v) is 3.48. The molecule has 1 N–H and O–H groups in total. The number of hydrogen-bond acceptors (Lipinski definition) is 2. The Bertz CT molecular complexity index is 308. The van der Waals surface area contributed by atoms with Crippen molar-refractivity contribution in [3.05, 3.63) is 20.5 Å². The first-order valence-electron chi connectivity index (χ1n) is 2.85. The van der Waals surface area contributed by atoms with Crippen LogP contribution in [0.15, 0.2) is 6.20 Å². The molecule has 66 valence electrons. The van der Waals surface area contributed by atoms with Crippen LogP contribution in [0.1, 0.15) is 12.0 Å². The van der Waals surface area contributed by atoms with Gasteiger partial charge >= 0.3 is 0 Å². The van der Waals surface area contributed by atoms with Gasteiger partial charge in [0.25, 0.3) is 6.43 Å². The van der Waals surface area contributed by atoms with Crippen molar-refractivity contribution in [1.82, 2.24) is 4.98 Å². The van der Waals surface area contributed by atoms with Gasteiger partial charge in [0, 0.05) is 9.77 Å². The van der Waals surface area contributed by atoms with Crippen molar-refractivity contribution in [3.63, 3.8) is 0 Å². The normalized spacial score (nSPS) is 10.8. The first kappa shape index (κ1) is 9.91. The van der Waals surface area contributed by atoms with Crippen LogP contribution in [-0.2, 0) is 0 Å². The number of rotatable bonds is 1. The largest absolute Gasteiger partial charge is 0.504 e. The van der Waals surface area contributed by atoms with Crippen LogP contribution in [-0.4, -0.2) is 10.1 Å². The third-order valence-electron chi connectivity index (χ3n) is 1.22. The minimum atomic E-state index is -2.74. The molecule has 0 fully saturated rings. The summed E-state index contributed by atoms with van der Waals surface area (Å²) in [6.07, 6.45) is -1.55. The Morgan fingerprint density at radius 1 is 1.58 bits per heavy atom. The molecule has 0 spiro atoms. The molecule has 1 rings (SSSR count). The standard InChI is InChI=1S/C6H3ClF2INO/c7-5-4(12)3(6(8)9)2(10)1-11-5/h1,6,12H. The molecule has 0 bridgehead atoms. The Balaban J connectivity index is 3.33. The molecule has 0 aliphatic rings. The van der Waals surface area contributed by atoms with Crippen LogP contribution >= 0.6 is 34.2 Å². The fourth-order valence-corrected chi connectivity index (χ4v) is 1.46. The molecule has 6 heteroatoms. The zero-order valence-corrected chi connectivity index (χ0v) is 8.47. The molecule has 0 aliphatic carbocycles. The van der Waals surface area contributed by atoms with Crippen LogP contribution in [0.2, 0.25) is 5.15 Å². The van der Waals surface area contributed by atoms with E-state index in [0.29, 0.717) is 0 Å². The zero-order chi connectivity index (χ0) is 9.30. The van der Waals surface area contributed by atoms with Gasteiger partial charge in [-0.1, -0.05) is 11.6 Å². The molecular formula is C6H3ClF2INO. The minimum Gasteiger partial charge on any atom is -0.504 e. The summed E-state index contributed by atoms with van der Waals surface area (Å²) in [6.45, 7) is 0. The molecular weight excluding hydrogens is 302 g/mol. The Kier molecular flexibility index (Phi) is 3.05. The summed E-state index contributed by atoms with van der Waals surface area (Å²) in [7, 11) is 0. The van der Waals surface area contributed by atoms with Crippen molar-refractivity contribution in [3.8, 4) is 5.75 Å². The van der Waals surface area contributed by atoms with Crippen LogP contribution in [0, 0.1) is 3.57 Å². The zero-order valence-electron chi connectivity index (χ0n) is 5.56. The first-order chi connectivity index (χ1) is 5.54. The summed E-state index contributed by atoms with van der Waals surface area (Å²) in [5.41, 5.74) is -0.462. The fraction of sp³-hybridized carbons (Fsp3) is 0.167. The van der Waals surface area contributed by atoms with Gasteiger partial charge in [0.15, 0.2) is 10.9 Å². The number of halogens is 4. The van der Waals surface area contributed by atoms with E-state index < -0.39 is 17.7 Å². The average molecular weight is 305 g/mol. The molecule has 0 aromatic carbocycles. The summed E-state index contributed by atoms with van der Waals surface area (Å²) < 4.78 is 24.6. The van der Waals surface area contributed by atoms with Crippen LogP contribution < -0.4 is 0 Å². The first-order valence-corrected chi connectivity index (χ1v) is 4.30. The van der Waals surface area contributed by atoms with E-state index in [0.717, 1.165) is 0 Å². The van der Waals surface area contributed by atoms with E-state index in [1.54, 1.807) is 22.6 Å². The molecule has 1 heterocycles. The van der Waals surface area contributed by atoms with Crippen LogP contribution in [0.3, 0.4) is 0 Å². The molecule has 1 aromatic heterocycles. The van der Waals surface area contributed by atoms with Crippen LogP contribution in [0.5, 0.6) is 5.75 Å². The van der Waals surface area contributed by atoms with Gasteiger partial charge in [-0.05, 0) is 22.6 Å². The van der Waals surface area contributed by atoms with E-state index in [4.69, 9.17) is 16.7 Å². The topological polar surface area (TPSA) is 33.1 Å². The number of hydrogen-bond donors (Lipinski definition) is 1. The summed E-state index contributed by atoms with van der Waals surface area (Å²) in [5.74, 6) is -0.640. The van der Waals surface area contributed by atoms with E-state index in [-0.39, 0.29) is 8.72 Å². The van der Waals surface area contributed by atoms with E-state index in [9.17, 15) is 8.78 Å². The highest BCUT2D eigenvalue weighted by Crippen LogP contribution is 2.35. The monoisotopic (exact) mass is 305 g/mol. The lowest BCUT2D eigenvalue weighted by Gasteiger charge is -2.05. The van der Waals surface area contributed by atoms with Crippen molar-refractivity contribution < 1.29 is 13.9 Å². The lowest BCUT2D eigenvalue weighted by atomic mass is 10.2. The number of nitrogens with zero attached hydrogens (tertiary/aromatic N) is 1. The summed E-state index contributed by atoms with van der Waals surface area (Å²) in [4.78, 5) is 3.50. The van der Waals surface area contributed by atoms with E-state index in [1.165, 1.54) is 6.20 Å². The lowest BCUT2D eigenvalue weighted by molar-refractivity contribution is 0.146. The maximum Gasteiger partial charge on any atom is 0.268 e. The third kappa shape index (κ3) is 1.77. The molecule has 0 saturated heterocycles. The quantitative estimate of drug-likeness (QED) is 0.639. The van der Waals surface area contributed by atoms with Crippen molar-refractivity contribution in [2.45, 2.75) is 6.43 Å². The summed E-state index contributed by atoms with van der Waals surface area (Å²) in [6, 6.07) is 0. The smallest absolute Gasteiger partial charge is 0.268 e. The molecule has 0 aliphatic heterocycles. The molecule has 0 amide bonds. The van der Waals surface area contributed by atoms with Gasteiger partial charge in [0.2, 0.25) is 0 Å². The Morgan fingerprint density at radius 2 is 2.17 bits per heavy atom. The SMILES string of the molecule is Oc1c(Cl)ncc(I)c1C(F)F. The van der Waals surface area contributed by atoms with Gasteiger partial charge in [0.05, 0.1) is 5.56 Å².